The zero-order valence-corrected chi connectivity index (χ0v) is 16.1. The van der Waals surface area contributed by atoms with E-state index >= 15 is 0 Å². The highest BCUT2D eigenvalue weighted by Gasteiger charge is 2.33. The Morgan fingerprint density at radius 3 is 2.82 bits per heavy atom. The average Bonchev–Trinajstić information content (AvgIpc) is 3.03. The molecule has 0 aromatic heterocycles. The molecule has 0 N–H and O–H groups in total. The Hall–Kier alpha value is -2.89. The molecular weight excluding hydrogens is 354 g/mol. The third kappa shape index (κ3) is 3.59. The van der Waals surface area contributed by atoms with E-state index in [-0.39, 0.29) is 5.78 Å². The molecule has 0 spiro atoms. The number of rotatable bonds is 5. The van der Waals surface area contributed by atoms with Gasteiger partial charge in [0, 0.05) is 31.3 Å². The number of carbonyl (C=O) groups excluding carboxylic acids is 1. The molecule has 2 heterocycles. The smallest absolute Gasteiger partial charge is 0.231 e. The van der Waals surface area contributed by atoms with Gasteiger partial charge in [0.2, 0.25) is 5.78 Å². The molecule has 5 nitrogen and oxygen atoms in total. The summed E-state index contributed by atoms with van der Waals surface area (Å²) in [5.41, 5.74) is 3.56. The zero-order chi connectivity index (χ0) is 19.5. The molecule has 0 bridgehead atoms. The quantitative estimate of drug-likeness (QED) is 0.738. The van der Waals surface area contributed by atoms with Crippen LogP contribution >= 0.6 is 0 Å². The first-order chi connectivity index (χ1) is 13.7. The van der Waals surface area contributed by atoms with E-state index in [4.69, 9.17) is 14.2 Å². The van der Waals surface area contributed by atoms with E-state index < -0.39 is 0 Å². The molecule has 4 rings (SSSR count). The molecule has 28 heavy (non-hydrogen) atoms. The van der Waals surface area contributed by atoms with Crippen LogP contribution in [0.2, 0.25) is 0 Å². The lowest BCUT2D eigenvalue weighted by molar-refractivity contribution is 0.0649. The number of carbonyl (C=O) groups is 1. The summed E-state index contributed by atoms with van der Waals surface area (Å²) < 4.78 is 17.0. The first kappa shape index (κ1) is 18.5. The van der Waals surface area contributed by atoms with E-state index in [0.717, 1.165) is 35.5 Å². The molecule has 2 aromatic rings. The van der Waals surface area contributed by atoms with Gasteiger partial charge in [-0.1, -0.05) is 42.5 Å². The first-order valence-electron chi connectivity index (χ1n) is 9.34. The molecule has 0 amide bonds. The summed E-state index contributed by atoms with van der Waals surface area (Å²) in [6.07, 6.45) is 5.51. The monoisotopic (exact) mass is 377 g/mol. The van der Waals surface area contributed by atoms with Gasteiger partial charge in [-0.3, -0.25) is 9.69 Å². The van der Waals surface area contributed by atoms with E-state index in [9.17, 15) is 4.79 Å². The van der Waals surface area contributed by atoms with Crippen LogP contribution in [0.25, 0.3) is 6.08 Å². The molecule has 5 heteroatoms. The standard InChI is InChI=1S/C23H23NO4/c1-16-22-18(14-24(15-27-22)11-12-26-2)13-19-21(25)20(28-23(16)19)10-6-9-17-7-4-3-5-8-17/h3-10,13H,11-12,14-15H2,1-2H3/b9-6+,20-10-. The zero-order valence-electron chi connectivity index (χ0n) is 16.1. The van der Waals surface area contributed by atoms with Crippen LogP contribution in [0, 0.1) is 6.92 Å². The van der Waals surface area contributed by atoms with Gasteiger partial charge in [-0.05, 0) is 24.6 Å². The average molecular weight is 377 g/mol. The van der Waals surface area contributed by atoms with E-state index in [1.54, 1.807) is 13.2 Å². The Kier molecular flexibility index (Phi) is 5.28. The lowest BCUT2D eigenvalue weighted by atomic mass is 10.00. The van der Waals surface area contributed by atoms with E-state index in [2.05, 4.69) is 4.90 Å². The molecule has 0 fully saturated rings. The molecule has 2 aliphatic heterocycles. The number of fused-ring (bicyclic) bond motifs is 2. The first-order valence-corrected chi connectivity index (χ1v) is 9.34. The van der Waals surface area contributed by atoms with Gasteiger partial charge in [-0.15, -0.1) is 0 Å². The van der Waals surface area contributed by atoms with Crippen LogP contribution in [-0.2, 0) is 11.3 Å². The second kappa shape index (κ2) is 8.00. The fourth-order valence-corrected chi connectivity index (χ4v) is 3.49. The highest BCUT2D eigenvalue weighted by Crippen LogP contribution is 2.42. The number of nitrogens with zero attached hydrogens (tertiary/aromatic N) is 1. The molecular formula is C23H23NO4. The van der Waals surface area contributed by atoms with Crippen molar-refractivity contribution in [3.8, 4) is 11.5 Å². The molecule has 2 aromatic carbocycles. The van der Waals surface area contributed by atoms with Crippen molar-refractivity contribution in [2.45, 2.75) is 13.5 Å². The number of methoxy groups -OCH3 is 1. The van der Waals surface area contributed by atoms with Crippen LogP contribution < -0.4 is 9.47 Å². The minimum Gasteiger partial charge on any atom is -0.477 e. The third-order valence-electron chi connectivity index (χ3n) is 4.95. The topological polar surface area (TPSA) is 48.0 Å². The minimum atomic E-state index is -0.0902. The Labute approximate surface area is 164 Å². The van der Waals surface area contributed by atoms with E-state index in [1.165, 1.54) is 0 Å². The summed E-state index contributed by atoms with van der Waals surface area (Å²) in [5, 5.41) is 0. The van der Waals surface area contributed by atoms with Gasteiger partial charge in [-0.25, -0.2) is 0 Å². The van der Waals surface area contributed by atoms with Crippen LogP contribution in [-0.4, -0.2) is 37.7 Å². The highest BCUT2D eigenvalue weighted by atomic mass is 16.5. The lowest BCUT2D eigenvalue weighted by Crippen LogP contribution is -2.34. The van der Waals surface area contributed by atoms with Crippen molar-refractivity contribution >= 4 is 11.9 Å². The number of allylic oxidation sites excluding steroid dienone is 3. The van der Waals surface area contributed by atoms with Gasteiger partial charge in [0.25, 0.3) is 0 Å². The van der Waals surface area contributed by atoms with Crippen LogP contribution in [0.4, 0.5) is 0 Å². The summed E-state index contributed by atoms with van der Waals surface area (Å²) in [7, 11) is 1.69. The summed E-state index contributed by atoms with van der Waals surface area (Å²) in [6, 6.07) is 11.8. The maximum Gasteiger partial charge on any atom is 0.231 e. The fourth-order valence-electron chi connectivity index (χ4n) is 3.49. The highest BCUT2D eigenvalue weighted by molar-refractivity contribution is 6.13. The number of ether oxygens (including phenoxy) is 3. The number of hydrogen-bond donors (Lipinski definition) is 0. The molecule has 0 atom stereocenters. The van der Waals surface area contributed by atoms with Crippen LogP contribution in [0.15, 0.2) is 54.3 Å². The molecule has 144 valence electrons. The van der Waals surface area contributed by atoms with Crippen molar-refractivity contribution < 1.29 is 19.0 Å². The Balaban J connectivity index is 1.57. The van der Waals surface area contributed by atoms with Gasteiger partial charge in [0.15, 0.2) is 5.76 Å². The van der Waals surface area contributed by atoms with Crippen LogP contribution in [0.5, 0.6) is 11.5 Å². The predicted octanol–water partition coefficient (Wildman–Crippen LogP) is 3.97. The van der Waals surface area contributed by atoms with Crippen molar-refractivity contribution in [1.29, 1.82) is 0 Å². The third-order valence-corrected chi connectivity index (χ3v) is 4.95. The maximum atomic E-state index is 12.8. The van der Waals surface area contributed by atoms with Gasteiger partial charge in [0.1, 0.15) is 18.2 Å². The molecule has 0 saturated carbocycles. The number of hydrogen-bond acceptors (Lipinski definition) is 5. The van der Waals surface area contributed by atoms with Crippen molar-refractivity contribution in [3.63, 3.8) is 0 Å². The molecule has 0 unspecified atom stereocenters. The Morgan fingerprint density at radius 1 is 1.21 bits per heavy atom. The van der Waals surface area contributed by atoms with E-state index in [0.29, 0.717) is 30.4 Å². The molecule has 2 aliphatic rings. The largest absolute Gasteiger partial charge is 0.477 e. The fraction of sp³-hybridized carbons (Fsp3) is 0.261. The van der Waals surface area contributed by atoms with Gasteiger partial charge in [-0.2, -0.15) is 0 Å². The van der Waals surface area contributed by atoms with Crippen LogP contribution in [0.1, 0.15) is 27.0 Å². The summed E-state index contributed by atoms with van der Waals surface area (Å²) >= 11 is 0. The molecule has 0 radical (unpaired) electrons. The van der Waals surface area contributed by atoms with Gasteiger partial charge >= 0.3 is 0 Å². The Morgan fingerprint density at radius 2 is 2.04 bits per heavy atom. The maximum absolute atomic E-state index is 12.8. The van der Waals surface area contributed by atoms with E-state index in [1.807, 2.05) is 55.5 Å². The normalized spacial score (nSPS) is 17.5. The molecule has 0 saturated heterocycles. The van der Waals surface area contributed by atoms with Gasteiger partial charge in [0.05, 0.1) is 12.2 Å². The van der Waals surface area contributed by atoms with Crippen molar-refractivity contribution in [1.82, 2.24) is 4.90 Å². The Bertz CT molecular complexity index is 947. The second-order valence-electron chi connectivity index (χ2n) is 6.92. The van der Waals surface area contributed by atoms with Crippen LogP contribution in [0.3, 0.4) is 0 Å². The number of benzene rings is 2. The summed E-state index contributed by atoms with van der Waals surface area (Å²) in [6.45, 7) is 4.61. The second-order valence-corrected chi connectivity index (χ2v) is 6.92. The lowest BCUT2D eigenvalue weighted by Gasteiger charge is -2.30. The SMILES string of the molecule is COCCN1COc2c(cc3c(c2C)O/C(=C\C=C\c2ccccc2)C3=O)C1. The predicted molar refractivity (Wildman–Crippen MR) is 107 cm³/mol. The number of ketones is 1. The number of Topliss-reactive ketones (excluding diaryl/α,β-unsaturated/α-hetero) is 1. The van der Waals surface area contributed by atoms with Crippen molar-refractivity contribution in [3.05, 3.63) is 76.6 Å². The molecule has 0 aliphatic carbocycles. The van der Waals surface area contributed by atoms with Crippen molar-refractivity contribution in [2.75, 3.05) is 27.0 Å². The van der Waals surface area contributed by atoms with Crippen molar-refractivity contribution in [2.24, 2.45) is 0 Å². The minimum absolute atomic E-state index is 0.0902. The summed E-state index contributed by atoms with van der Waals surface area (Å²) in [4.78, 5) is 15.0. The van der Waals surface area contributed by atoms with Gasteiger partial charge < -0.3 is 14.2 Å². The summed E-state index contributed by atoms with van der Waals surface area (Å²) in [5.74, 6) is 1.67.